The minimum absolute atomic E-state index is 0.0467. The molecule has 0 amide bonds. The molecule has 1 aromatic rings. The summed E-state index contributed by atoms with van der Waals surface area (Å²) in [5.74, 6) is 3.63. The van der Waals surface area contributed by atoms with Gasteiger partial charge in [-0.3, -0.25) is 4.79 Å². The third-order valence-electron chi connectivity index (χ3n) is 6.37. The summed E-state index contributed by atoms with van der Waals surface area (Å²) in [5.41, 5.74) is 1.98. The molecule has 0 saturated heterocycles. The molecule has 4 nitrogen and oxygen atoms in total. The van der Waals surface area contributed by atoms with Gasteiger partial charge in [0.25, 0.3) is 5.56 Å². The van der Waals surface area contributed by atoms with Crippen LogP contribution in [0.5, 0.6) is 0 Å². The Morgan fingerprint density at radius 3 is 2.43 bits per heavy atom. The highest BCUT2D eigenvalue weighted by atomic mass is 16.5. The van der Waals surface area contributed by atoms with E-state index in [4.69, 9.17) is 9.72 Å². The molecule has 1 aromatic heterocycles. The predicted octanol–water partition coefficient (Wildman–Crippen LogP) is 2.31. The van der Waals surface area contributed by atoms with Gasteiger partial charge in [-0.05, 0) is 56.3 Å². The van der Waals surface area contributed by atoms with Crippen LogP contribution < -0.4 is 5.56 Å². The minimum Gasteiger partial charge on any atom is -0.376 e. The van der Waals surface area contributed by atoms with Gasteiger partial charge < -0.3 is 9.72 Å². The summed E-state index contributed by atoms with van der Waals surface area (Å²) in [4.78, 5) is 20.5. The number of H-pyrrole nitrogens is 1. The third-order valence-corrected chi connectivity index (χ3v) is 6.37. The largest absolute Gasteiger partial charge is 0.376 e. The lowest BCUT2D eigenvalue weighted by molar-refractivity contribution is -0.00987. The van der Waals surface area contributed by atoms with Gasteiger partial charge in [0.2, 0.25) is 0 Å². The summed E-state index contributed by atoms with van der Waals surface area (Å²) in [7, 11) is 0. The molecule has 0 radical (unpaired) electrons. The first-order valence-corrected chi connectivity index (χ1v) is 8.42. The molecule has 5 aliphatic rings. The second kappa shape index (κ2) is 4.19. The van der Waals surface area contributed by atoms with E-state index >= 15 is 0 Å². The van der Waals surface area contributed by atoms with Crippen molar-refractivity contribution in [3.8, 4) is 0 Å². The van der Waals surface area contributed by atoms with E-state index < -0.39 is 0 Å². The lowest BCUT2D eigenvalue weighted by Gasteiger charge is -2.56. The van der Waals surface area contributed by atoms with Crippen LogP contribution in [0.25, 0.3) is 0 Å². The standard InChI is InChI=1S/C17H22N2O2/c20-15-13-9-21-2-1-14(13)18-16(19-15)17-6-10-3-11(7-17)5-12(4-10)8-17/h10-12H,1-9H2,(H,18,19,20). The molecule has 4 heteroatoms. The lowest BCUT2D eigenvalue weighted by atomic mass is 9.49. The highest BCUT2D eigenvalue weighted by molar-refractivity contribution is 5.24. The summed E-state index contributed by atoms with van der Waals surface area (Å²) in [6.45, 7) is 1.13. The molecule has 0 unspecified atom stereocenters. The maximum absolute atomic E-state index is 12.4. The van der Waals surface area contributed by atoms with Crippen molar-refractivity contribution in [2.24, 2.45) is 17.8 Å². The third kappa shape index (κ3) is 1.78. The molecule has 6 rings (SSSR count). The van der Waals surface area contributed by atoms with E-state index in [2.05, 4.69) is 4.98 Å². The maximum Gasteiger partial charge on any atom is 0.256 e. The SMILES string of the molecule is O=c1[nH]c(C23CC4CC(CC(C4)C2)C3)nc2c1COCC2. The molecule has 0 spiro atoms. The number of ether oxygens (including phenoxy) is 1. The van der Waals surface area contributed by atoms with Crippen LogP contribution in [0.3, 0.4) is 0 Å². The molecule has 4 saturated carbocycles. The van der Waals surface area contributed by atoms with Crippen molar-refractivity contribution in [2.45, 2.75) is 57.0 Å². The van der Waals surface area contributed by atoms with Crippen molar-refractivity contribution in [3.63, 3.8) is 0 Å². The van der Waals surface area contributed by atoms with Gasteiger partial charge in [-0.15, -0.1) is 0 Å². The Bertz CT molecular complexity index is 613. The highest BCUT2D eigenvalue weighted by Gasteiger charge is 2.53. The first-order chi connectivity index (χ1) is 10.2. The van der Waals surface area contributed by atoms with Crippen molar-refractivity contribution in [3.05, 3.63) is 27.4 Å². The van der Waals surface area contributed by atoms with E-state index in [0.717, 1.165) is 41.3 Å². The van der Waals surface area contributed by atoms with Crippen LogP contribution in [0.2, 0.25) is 0 Å². The average molecular weight is 286 g/mol. The van der Waals surface area contributed by atoms with E-state index in [9.17, 15) is 4.79 Å². The highest BCUT2D eigenvalue weighted by Crippen LogP contribution is 2.60. The maximum atomic E-state index is 12.4. The molecule has 1 N–H and O–H groups in total. The minimum atomic E-state index is 0.0467. The first kappa shape index (κ1) is 12.4. The summed E-state index contributed by atoms with van der Waals surface area (Å²) in [6.07, 6.45) is 8.79. The van der Waals surface area contributed by atoms with Crippen LogP contribution >= 0.6 is 0 Å². The second-order valence-electron chi connectivity index (χ2n) is 7.84. The summed E-state index contributed by atoms with van der Waals surface area (Å²) in [6, 6.07) is 0. The molecular weight excluding hydrogens is 264 g/mol. The Morgan fingerprint density at radius 1 is 1.10 bits per heavy atom. The summed E-state index contributed by atoms with van der Waals surface area (Å²) in [5, 5.41) is 0. The number of fused-ring (bicyclic) bond motifs is 1. The zero-order valence-corrected chi connectivity index (χ0v) is 12.4. The number of rotatable bonds is 1. The van der Waals surface area contributed by atoms with Gasteiger partial charge in [0, 0.05) is 11.8 Å². The Hall–Kier alpha value is -1.16. The molecule has 2 heterocycles. The average Bonchev–Trinajstić information content (AvgIpc) is 2.46. The van der Waals surface area contributed by atoms with Crippen LogP contribution in [0.1, 0.15) is 55.6 Å². The van der Waals surface area contributed by atoms with Gasteiger partial charge >= 0.3 is 0 Å². The molecule has 4 bridgehead atoms. The number of hydrogen-bond acceptors (Lipinski definition) is 3. The number of aromatic nitrogens is 2. The molecular formula is C17H22N2O2. The van der Waals surface area contributed by atoms with Crippen LogP contribution in [-0.2, 0) is 23.2 Å². The van der Waals surface area contributed by atoms with E-state index in [1.807, 2.05) is 0 Å². The van der Waals surface area contributed by atoms with Gasteiger partial charge in [0.15, 0.2) is 0 Å². The second-order valence-corrected chi connectivity index (χ2v) is 7.84. The van der Waals surface area contributed by atoms with E-state index in [-0.39, 0.29) is 11.0 Å². The van der Waals surface area contributed by atoms with Gasteiger partial charge in [0.05, 0.1) is 24.5 Å². The van der Waals surface area contributed by atoms with Gasteiger partial charge in [-0.25, -0.2) is 4.98 Å². The topological polar surface area (TPSA) is 55.0 Å². The smallest absolute Gasteiger partial charge is 0.256 e. The fourth-order valence-corrected chi connectivity index (χ4v) is 5.89. The molecule has 112 valence electrons. The molecule has 4 aliphatic carbocycles. The Kier molecular flexibility index (Phi) is 2.47. The first-order valence-electron chi connectivity index (χ1n) is 8.42. The van der Waals surface area contributed by atoms with Gasteiger partial charge in [-0.1, -0.05) is 0 Å². The van der Waals surface area contributed by atoms with Crippen molar-refractivity contribution in [1.29, 1.82) is 0 Å². The monoisotopic (exact) mass is 286 g/mol. The summed E-state index contributed by atoms with van der Waals surface area (Å²) >= 11 is 0. The van der Waals surface area contributed by atoms with Crippen LogP contribution in [0, 0.1) is 17.8 Å². The molecule has 0 atom stereocenters. The van der Waals surface area contributed by atoms with E-state index in [0.29, 0.717) is 13.2 Å². The number of nitrogens with one attached hydrogen (secondary N) is 1. The molecule has 0 aromatic carbocycles. The van der Waals surface area contributed by atoms with Crippen molar-refractivity contribution >= 4 is 0 Å². The normalized spacial score (nSPS) is 40.3. The predicted molar refractivity (Wildman–Crippen MR) is 78.1 cm³/mol. The number of nitrogens with zero attached hydrogens (tertiary/aromatic N) is 1. The lowest BCUT2D eigenvalue weighted by Crippen LogP contribution is -2.50. The summed E-state index contributed by atoms with van der Waals surface area (Å²) < 4.78 is 5.41. The van der Waals surface area contributed by atoms with Crippen LogP contribution in [0.4, 0.5) is 0 Å². The van der Waals surface area contributed by atoms with E-state index in [1.54, 1.807) is 0 Å². The van der Waals surface area contributed by atoms with Crippen molar-refractivity contribution in [1.82, 2.24) is 9.97 Å². The molecule has 4 fully saturated rings. The number of aromatic amines is 1. The quantitative estimate of drug-likeness (QED) is 0.862. The number of hydrogen-bond donors (Lipinski definition) is 1. The van der Waals surface area contributed by atoms with Crippen molar-refractivity contribution < 1.29 is 4.74 Å². The Balaban J connectivity index is 1.61. The van der Waals surface area contributed by atoms with E-state index in [1.165, 1.54) is 38.5 Å². The molecule has 1 aliphatic heterocycles. The zero-order valence-electron chi connectivity index (χ0n) is 12.4. The van der Waals surface area contributed by atoms with Gasteiger partial charge in [0.1, 0.15) is 5.82 Å². The zero-order chi connectivity index (χ0) is 14.0. The molecule has 21 heavy (non-hydrogen) atoms. The fourth-order valence-electron chi connectivity index (χ4n) is 5.89. The van der Waals surface area contributed by atoms with Gasteiger partial charge in [-0.2, -0.15) is 0 Å². The van der Waals surface area contributed by atoms with Crippen LogP contribution in [0.15, 0.2) is 4.79 Å². The van der Waals surface area contributed by atoms with Crippen LogP contribution in [-0.4, -0.2) is 16.6 Å². The van der Waals surface area contributed by atoms with Crippen molar-refractivity contribution in [2.75, 3.05) is 6.61 Å². The fraction of sp³-hybridized carbons (Fsp3) is 0.765. The Morgan fingerprint density at radius 2 is 1.76 bits per heavy atom. The Labute approximate surface area is 124 Å².